The lowest BCUT2D eigenvalue weighted by atomic mass is 10.0. The highest BCUT2D eigenvalue weighted by atomic mass is 19.1. The van der Waals surface area contributed by atoms with Gasteiger partial charge in [-0.1, -0.05) is 12.2 Å². The van der Waals surface area contributed by atoms with E-state index in [0.29, 0.717) is 22.8 Å². The van der Waals surface area contributed by atoms with Crippen molar-refractivity contribution in [2.45, 2.75) is 45.8 Å². The highest BCUT2D eigenvalue weighted by Crippen LogP contribution is 2.25. The van der Waals surface area contributed by atoms with Crippen LogP contribution in [0.3, 0.4) is 0 Å². The Kier molecular flexibility index (Phi) is 7.78. The van der Waals surface area contributed by atoms with Crippen molar-refractivity contribution >= 4 is 12.0 Å². The zero-order chi connectivity index (χ0) is 20.7. The fraction of sp³-hybridized carbons (Fsp3) is 0.381. The fourth-order valence-electron chi connectivity index (χ4n) is 2.81. The first-order valence-corrected chi connectivity index (χ1v) is 9.11. The van der Waals surface area contributed by atoms with Crippen LogP contribution in [0.5, 0.6) is 0 Å². The van der Waals surface area contributed by atoms with E-state index in [1.807, 2.05) is 6.92 Å². The minimum atomic E-state index is -1.01. The van der Waals surface area contributed by atoms with Crippen molar-refractivity contribution in [2.75, 3.05) is 6.61 Å². The van der Waals surface area contributed by atoms with Crippen LogP contribution in [-0.4, -0.2) is 45.0 Å². The Morgan fingerprint density at radius 1 is 1.21 bits per heavy atom. The van der Waals surface area contributed by atoms with Crippen molar-refractivity contribution < 1.29 is 24.1 Å². The Labute approximate surface area is 163 Å². The maximum Gasteiger partial charge on any atom is 0.308 e. The number of aromatic nitrogens is 2. The van der Waals surface area contributed by atoms with Crippen molar-refractivity contribution in [1.29, 1.82) is 0 Å². The molecule has 0 aliphatic heterocycles. The summed E-state index contributed by atoms with van der Waals surface area (Å²) < 4.78 is 18.0. The summed E-state index contributed by atoms with van der Waals surface area (Å²) in [5.74, 6) is -0.263. The molecule has 0 saturated heterocycles. The van der Waals surface area contributed by atoms with Gasteiger partial charge in [-0.15, -0.1) is 0 Å². The number of nitrogens with zero attached hydrogens (tertiary/aromatic N) is 2. The van der Waals surface area contributed by atoms with Gasteiger partial charge in [-0.25, -0.2) is 14.4 Å². The first-order chi connectivity index (χ1) is 13.3. The van der Waals surface area contributed by atoms with E-state index in [2.05, 4.69) is 9.97 Å². The number of halogens is 1. The van der Waals surface area contributed by atoms with Crippen LogP contribution < -0.4 is 0 Å². The topological polar surface area (TPSA) is 92.5 Å². The Hall–Kier alpha value is -2.64. The van der Waals surface area contributed by atoms with Gasteiger partial charge in [0, 0.05) is 23.2 Å². The van der Waals surface area contributed by atoms with E-state index < -0.39 is 18.2 Å². The van der Waals surface area contributed by atoms with E-state index in [-0.39, 0.29) is 25.3 Å². The third-order valence-electron chi connectivity index (χ3n) is 4.07. The molecule has 6 nitrogen and oxygen atoms in total. The molecule has 2 unspecified atom stereocenters. The van der Waals surface area contributed by atoms with Crippen LogP contribution in [0.4, 0.5) is 4.39 Å². The molecular formula is C21H25FN2O4. The summed E-state index contributed by atoms with van der Waals surface area (Å²) in [6.45, 7) is 5.52. The lowest BCUT2D eigenvalue weighted by Gasteiger charge is -2.13. The molecule has 1 aromatic heterocycles. The van der Waals surface area contributed by atoms with Crippen LogP contribution in [0, 0.1) is 19.7 Å². The Bertz CT molecular complexity index is 837. The van der Waals surface area contributed by atoms with Crippen molar-refractivity contribution in [3.05, 3.63) is 53.2 Å². The molecule has 0 amide bonds. The summed E-state index contributed by atoms with van der Waals surface area (Å²) in [6.07, 6.45) is 1.04. The number of rotatable bonds is 8. The normalized spacial score (nSPS) is 13.5. The predicted octanol–water partition coefficient (Wildman–Crippen LogP) is 2.98. The molecule has 0 aliphatic carbocycles. The molecular weight excluding hydrogens is 363 g/mol. The van der Waals surface area contributed by atoms with Crippen LogP contribution in [-0.2, 0) is 9.53 Å². The standard InChI is InChI=1S/C21H25FN2O4/c1-4-28-20(27)12-18(26)11-17(25)9-10-19-13(2)23-14(3)24-21(19)15-5-7-16(22)8-6-15/h5-10,17-18,25-26H,4,11-12H2,1-3H3. The van der Waals surface area contributed by atoms with Crippen molar-refractivity contribution in [2.24, 2.45) is 0 Å². The monoisotopic (exact) mass is 388 g/mol. The zero-order valence-electron chi connectivity index (χ0n) is 16.2. The number of aryl methyl sites for hydroxylation is 2. The van der Waals surface area contributed by atoms with Crippen LogP contribution in [0.1, 0.15) is 36.8 Å². The van der Waals surface area contributed by atoms with Crippen LogP contribution in [0.25, 0.3) is 17.3 Å². The van der Waals surface area contributed by atoms with E-state index in [4.69, 9.17) is 4.74 Å². The first kappa shape index (κ1) is 21.7. The first-order valence-electron chi connectivity index (χ1n) is 9.11. The number of hydrogen-bond acceptors (Lipinski definition) is 6. The molecule has 0 fully saturated rings. The average molecular weight is 388 g/mol. The van der Waals surface area contributed by atoms with Gasteiger partial charge in [0.05, 0.1) is 30.9 Å². The number of carbonyl (C=O) groups is 1. The van der Waals surface area contributed by atoms with Crippen molar-refractivity contribution in [3.8, 4) is 11.3 Å². The molecule has 2 atom stereocenters. The third kappa shape index (κ3) is 6.21. The number of carbonyl (C=O) groups excluding carboxylic acids is 1. The molecule has 1 aromatic carbocycles. The minimum absolute atomic E-state index is 0.00698. The second-order valence-corrected chi connectivity index (χ2v) is 6.45. The lowest BCUT2D eigenvalue weighted by molar-refractivity contribution is -0.145. The summed E-state index contributed by atoms with van der Waals surface area (Å²) in [5, 5.41) is 20.1. The summed E-state index contributed by atoms with van der Waals surface area (Å²) in [6, 6.07) is 5.98. The van der Waals surface area contributed by atoms with Crippen LogP contribution in [0.2, 0.25) is 0 Å². The lowest BCUT2D eigenvalue weighted by Crippen LogP contribution is -2.20. The summed E-state index contributed by atoms with van der Waals surface area (Å²) in [5.41, 5.74) is 2.76. The molecule has 1 heterocycles. The molecule has 0 spiro atoms. The Balaban J connectivity index is 2.18. The molecule has 0 aliphatic rings. The van der Waals surface area contributed by atoms with Gasteiger partial charge >= 0.3 is 5.97 Å². The molecule has 150 valence electrons. The van der Waals surface area contributed by atoms with Gasteiger partial charge in [-0.3, -0.25) is 4.79 Å². The van der Waals surface area contributed by atoms with E-state index in [1.54, 1.807) is 32.1 Å². The van der Waals surface area contributed by atoms with E-state index in [9.17, 15) is 19.4 Å². The van der Waals surface area contributed by atoms with Crippen LogP contribution in [0.15, 0.2) is 30.3 Å². The smallest absolute Gasteiger partial charge is 0.308 e. The summed E-state index contributed by atoms with van der Waals surface area (Å²) >= 11 is 0. The quantitative estimate of drug-likeness (QED) is 0.676. The molecule has 0 bridgehead atoms. The number of aliphatic hydroxyl groups excluding tert-OH is 2. The highest BCUT2D eigenvalue weighted by molar-refractivity contribution is 5.73. The van der Waals surface area contributed by atoms with Crippen LogP contribution >= 0.6 is 0 Å². The molecule has 0 radical (unpaired) electrons. The van der Waals surface area contributed by atoms with Crippen molar-refractivity contribution in [3.63, 3.8) is 0 Å². The largest absolute Gasteiger partial charge is 0.466 e. The highest BCUT2D eigenvalue weighted by Gasteiger charge is 2.16. The molecule has 2 rings (SSSR count). The number of hydrogen-bond donors (Lipinski definition) is 2. The third-order valence-corrected chi connectivity index (χ3v) is 4.07. The molecule has 2 aromatic rings. The molecule has 7 heteroatoms. The predicted molar refractivity (Wildman–Crippen MR) is 104 cm³/mol. The van der Waals surface area contributed by atoms with Crippen molar-refractivity contribution in [1.82, 2.24) is 9.97 Å². The second-order valence-electron chi connectivity index (χ2n) is 6.45. The number of ether oxygens (including phenoxy) is 1. The maximum atomic E-state index is 13.2. The molecule has 28 heavy (non-hydrogen) atoms. The van der Waals surface area contributed by atoms with Gasteiger partial charge in [0.1, 0.15) is 11.6 Å². The molecule has 0 saturated carbocycles. The fourth-order valence-corrected chi connectivity index (χ4v) is 2.81. The maximum absolute atomic E-state index is 13.2. The van der Waals surface area contributed by atoms with Gasteiger partial charge < -0.3 is 14.9 Å². The van der Waals surface area contributed by atoms with E-state index >= 15 is 0 Å². The van der Waals surface area contributed by atoms with Gasteiger partial charge in [-0.2, -0.15) is 0 Å². The van der Waals surface area contributed by atoms with E-state index in [0.717, 1.165) is 5.56 Å². The minimum Gasteiger partial charge on any atom is -0.466 e. The number of benzene rings is 1. The number of esters is 1. The molecule has 2 N–H and O–H groups in total. The zero-order valence-corrected chi connectivity index (χ0v) is 16.2. The summed E-state index contributed by atoms with van der Waals surface area (Å²) in [7, 11) is 0. The van der Waals surface area contributed by atoms with Gasteiger partial charge in [0.2, 0.25) is 0 Å². The van der Waals surface area contributed by atoms with Gasteiger partial charge in [0.25, 0.3) is 0 Å². The van der Waals surface area contributed by atoms with Gasteiger partial charge in [0.15, 0.2) is 0 Å². The van der Waals surface area contributed by atoms with Gasteiger partial charge in [-0.05, 0) is 45.0 Å². The Morgan fingerprint density at radius 3 is 2.54 bits per heavy atom. The Morgan fingerprint density at radius 2 is 1.89 bits per heavy atom. The van der Waals surface area contributed by atoms with E-state index in [1.165, 1.54) is 18.2 Å². The second kappa shape index (κ2) is 10.1. The average Bonchev–Trinajstić information content (AvgIpc) is 2.61. The summed E-state index contributed by atoms with van der Waals surface area (Å²) in [4.78, 5) is 20.2. The SMILES string of the molecule is CCOC(=O)CC(O)CC(O)C=Cc1c(C)nc(C)nc1-c1ccc(F)cc1. The number of aliphatic hydroxyl groups is 2.